The first-order chi connectivity index (χ1) is 9.61. The maximum atomic E-state index is 11.8. The summed E-state index contributed by atoms with van der Waals surface area (Å²) in [6.07, 6.45) is -2.23. The lowest BCUT2D eigenvalue weighted by Gasteiger charge is -2.22. The monoisotopic (exact) mass is 270 g/mol. The van der Waals surface area contributed by atoms with Crippen molar-refractivity contribution in [1.29, 1.82) is 0 Å². The first-order valence-corrected chi connectivity index (χ1v) is 6.25. The molecule has 0 fully saturated rings. The van der Waals surface area contributed by atoms with E-state index < -0.39 is 18.2 Å². The molecule has 2 aromatic rings. The van der Waals surface area contributed by atoms with Crippen LogP contribution in [0.15, 0.2) is 48.5 Å². The van der Waals surface area contributed by atoms with Crippen LogP contribution in [0.3, 0.4) is 0 Å². The molecule has 0 unspecified atom stereocenters. The van der Waals surface area contributed by atoms with Gasteiger partial charge in [-0.3, -0.25) is 4.90 Å². The molecule has 1 aliphatic heterocycles. The molecule has 0 saturated carbocycles. The molecule has 0 bridgehead atoms. The Labute approximate surface area is 115 Å². The highest BCUT2D eigenvalue weighted by Crippen LogP contribution is 2.44. The highest BCUT2D eigenvalue weighted by Gasteiger charge is 2.33. The van der Waals surface area contributed by atoms with E-state index in [2.05, 4.69) is 0 Å². The Hall–Kier alpha value is -2.37. The van der Waals surface area contributed by atoms with Crippen molar-refractivity contribution >= 4 is 17.4 Å². The summed E-state index contributed by atoms with van der Waals surface area (Å²) in [5.74, 6) is 0. The van der Waals surface area contributed by atoms with Crippen molar-refractivity contribution in [1.82, 2.24) is 0 Å². The van der Waals surface area contributed by atoms with Gasteiger partial charge in [-0.25, -0.2) is 4.79 Å². The number of carbonyl (C=O) groups excluding carboxylic acids is 1. The van der Waals surface area contributed by atoms with Gasteiger partial charge in [-0.15, -0.1) is 0 Å². The van der Waals surface area contributed by atoms with E-state index in [1.807, 2.05) is 0 Å². The van der Waals surface area contributed by atoms with Gasteiger partial charge in [0.15, 0.2) is 0 Å². The summed E-state index contributed by atoms with van der Waals surface area (Å²) in [5, 5.41) is 20.7. The number of aliphatic hydroxyl groups is 2. The maximum Gasteiger partial charge on any atom is 0.323 e. The van der Waals surface area contributed by atoms with Crippen LogP contribution in [0.5, 0.6) is 0 Å². The van der Waals surface area contributed by atoms with E-state index >= 15 is 0 Å². The average molecular weight is 270 g/mol. The zero-order chi connectivity index (χ0) is 14.3. The van der Waals surface area contributed by atoms with Crippen LogP contribution in [0.4, 0.5) is 16.2 Å². The highest BCUT2D eigenvalue weighted by molar-refractivity contribution is 6.00. The van der Waals surface area contributed by atoms with Gasteiger partial charge in [0, 0.05) is 11.1 Å². The molecule has 2 amide bonds. The lowest BCUT2D eigenvalue weighted by molar-refractivity contribution is 0.0188. The molecule has 0 aliphatic carbocycles. The van der Waals surface area contributed by atoms with Crippen LogP contribution < -0.4 is 10.6 Å². The molecule has 0 spiro atoms. The van der Waals surface area contributed by atoms with E-state index in [9.17, 15) is 15.0 Å². The van der Waals surface area contributed by atoms with Crippen LogP contribution in [0.25, 0.3) is 0 Å². The number of anilines is 2. The maximum absolute atomic E-state index is 11.8. The Balaban J connectivity index is 2.33. The number of carbonyl (C=O) groups is 1. The van der Waals surface area contributed by atoms with Gasteiger partial charge in [-0.1, -0.05) is 36.4 Å². The fourth-order valence-electron chi connectivity index (χ4n) is 2.59. The van der Waals surface area contributed by atoms with Crippen molar-refractivity contribution in [3.63, 3.8) is 0 Å². The average Bonchev–Trinajstić information content (AvgIpc) is 2.55. The van der Waals surface area contributed by atoms with Crippen molar-refractivity contribution in [3.8, 4) is 0 Å². The van der Waals surface area contributed by atoms with Crippen LogP contribution >= 0.6 is 0 Å². The zero-order valence-corrected chi connectivity index (χ0v) is 10.6. The lowest BCUT2D eigenvalue weighted by Crippen LogP contribution is -2.32. The van der Waals surface area contributed by atoms with E-state index in [-0.39, 0.29) is 0 Å². The van der Waals surface area contributed by atoms with Gasteiger partial charge in [0.2, 0.25) is 0 Å². The lowest BCUT2D eigenvalue weighted by atomic mass is 9.99. The van der Waals surface area contributed by atoms with Crippen LogP contribution in [0.1, 0.15) is 23.3 Å². The number of rotatable bonds is 0. The molecule has 4 N–H and O–H groups in total. The number of nitrogens with two attached hydrogens (primary N) is 1. The SMILES string of the molecule is NC(=O)N1c2ccccc2[C@@H](O)[C@@H](O)c2ccccc21. The number of nitrogens with zero attached hydrogens (tertiary/aromatic N) is 1. The molecule has 2 aromatic carbocycles. The van der Waals surface area contributed by atoms with E-state index in [0.29, 0.717) is 22.5 Å². The predicted molar refractivity (Wildman–Crippen MR) is 74.5 cm³/mol. The minimum Gasteiger partial charge on any atom is -0.385 e. The number of amides is 2. The summed E-state index contributed by atoms with van der Waals surface area (Å²) in [6, 6.07) is 13.1. The third-order valence-corrected chi connectivity index (χ3v) is 3.51. The highest BCUT2D eigenvalue weighted by atomic mass is 16.3. The molecular weight excluding hydrogens is 256 g/mol. The van der Waals surface area contributed by atoms with Gasteiger partial charge >= 0.3 is 6.03 Å². The van der Waals surface area contributed by atoms with Crippen LogP contribution in [-0.4, -0.2) is 16.2 Å². The zero-order valence-electron chi connectivity index (χ0n) is 10.6. The Morgan fingerprint density at radius 3 is 1.70 bits per heavy atom. The third-order valence-electron chi connectivity index (χ3n) is 3.51. The Kier molecular flexibility index (Phi) is 2.93. The number of benzene rings is 2. The fourth-order valence-corrected chi connectivity index (χ4v) is 2.59. The molecule has 0 aromatic heterocycles. The number of aliphatic hydroxyl groups excluding tert-OH is 2. The molecule has 102 valence electrons. The number of fused-ring (bicyclic) bond motifs is 2. The van der Waals surface area contributed by atoms with Gasteiger partial charge in [0.25, 0.3) is 0 Å². The summed E-state index contributed by atoms with van der Waals surface area (Å²) < 4.78 is 0. The second kappa shape index (κ2) is 4.63. The van der Waals surface area contributed by atoms with Crippen LogP contribution in [-0.2, 0) is 0 Å². The summed E-state index contributed by atoms with van der Waals surface area (Å²) in [4.78, 5) is 13.1. The standard InChI is InChI=1S/C15H14N2O3/c16-15(20)17-11-7-3-1-5-9(11)13(18)14(19)10-6-2-4-8-12(10)17/h1-8,13-14,18-19H,(H2,16,20)/t13-,14+. The number of primary amides is 1. The van der Waals surface area contributed by atoms with Crippen LogP contribution in [0, 0.1) is 0 Å². The number of urea groups is 1. The van der Waals surface area contributed by atoms with Crippen molar-refractivity contribution in [2.24, 2.45) is 5.73 Å². The largest absolute Gasteiger partial charge is 0.385 e. The molecule has 2 atom stereocenters. The molecule has 20 heavy (non-hydrogen) atoms. The molecule has 0 saturated heterocycles. The molecule has 5 heteroatoms. The Morgan fingerprint density at radius 2 is 1.30 bits per heavy atom. The molecule has 0 radical (unpaired) electrons. The van der Waals surface area contributed by atoms with Gasteiger partial charge in [-0.05, 0) is 12.1 Å². The summed E-state index contributed by atoms with van der Waals surface area (Å²) >= 11 is 0. The molecule has 1 aliphatic rings. The number of hydrogen-bond donors (Lipinski definition) is 3. The molecular formula is C15H14N2O3. The summed E-state index contributed by atoms with van der Waals surface area (Å²) in [6.45, 7) is 0. The van der Waals surface area contributed by atoms with E-state index in [4.69, 9.17) is 5.73 Å². The smallest absolute Gasteiger partial charge is 0.323 e. The van der Waals surface area contributed by atoms with E-state index in [1.165, 1.54) is 4.90 Å². The fraction of sp³-hybridized carbons (Fsp3) is 0.133. The Morgan fingerprint density at radius 1 is 0.900 bits per heavy atom. The molecule has 1 heterocycles. The van der Waals surface area contributed by atoms with E-state index in [1.54, 1.807) is 48.5 Å². The van der Waals surface area contributed by atoms with Gasteiger partial charge in [0.05, 0.1) is 11.4 Å². The number of para-hydroxylation sites is 2. The molecule has 5 nitrogen and oxygen atoms in total. The van der Waals surface area contributed by atoms with Crippen molar-refractivity contribution in [2.45, 2.75) is 12.2 Å². The summed E-state index contributed by atoms with van der Waals surface area (Å²) in [7, 11) is 0. The predicted octanol–water partition coefficient (Wildman–Crippen LogP) is 1.98. The second-order valence-corrected chi connectivity index (χ2v) is 4.68. The van der Waals surface area contributed by atoms with Crippen molar-refractivity contribution in [2.75, 3.05) is 4.90 Å². The number of hydrogen-bond acceptors (Lipinski definition) is 3. The minimum atomic E-state index is -1.11. The van der Waals surface area contributed by atoms with Gasteiger partial charge < -0.3 is 15.9 Å². The van der Waals surface area contributed by atoms with Crippen LogP contribution in [0.2, 0.25) is 0 Å². The first kappa shape index (κ1) is 12.7. The first-order valence-electron chi connectivity index (χ1n) is 6.25. The topological polar surface area (TPSA) is 86.8 Å². The van der Waals surface area contributed by atoms with Gasteiger partial charge in [-0.2, -0.15) is 0 Å². The van der Waals surface area contributed by atoms with Crippen molar-refractivity contribution in [3.05, 3.63) is 59.7 Å². The quantitative estimate of drug-likeness (QED) is 0.684. The third kappa shape index (κ3) is 1.76. The van der Waals surface area contributed by atoms with Gasteiger partial charge in [0.1, 0.15) is 12.2 Å². The van der Waals surface area contributed by atoms with Crippen molar-refractivity contribution < 1.29 is 15.0 Å². The van der Waals surface area contributed by atoms with E-state index in [0.717, 1.165) is 0 Å². The second-order valence-electron chi connectivity index (χ2n) is 4.68. The molecule has 3 rings (SSSR count). The minimum absolute atomic E-state index is 0.468. The Bertz CT molecular complexity index is 620. The normalized spacial score (nSPS) is 20.8. The summed E-state index contributed by atoms with van der Waals surface area (Å²) in [5.41, 5.74) is 7.38.